The molecule has 1 heterocycles. The number of benzene rings is 1. The summed E-state index contributed by atoms with van der Waals surface area (Å²) in [5.74, 6) is 0.570. The van der Waals surface area contributed by atoms with E-state index in [1.54, 1.807) is 25.3 Å². The van der Waals surface area contributed by atoms with Crippen molar-refractivity contribution in [2.45, 2.75) is 19.8 Å². The van der Waals surface area contributed by atoms with Crippen LogP contribution in [0.1, 0.15) is 29.3 Å². The van der Waals surface area contributed by atoms with Gasteiger partial charge in [0.25, 0.3) is 0 Å². The van der Waals surface area contributed by atoms with E-state index in [-0.39, 0.29) is 30.5 Å². The van der Waals surface area contributed by atoms with Crippen LogP contribution < -0.4 is 15.4 Å². The largest absolute Gasteiger partial charge is 0.496 e. The Morgan fingerprint density at radius 1 is 1.28 bits per heavy atom. The number of hydrogen-bond donors (Lipinski definition) is 2. The van der Waals surface area contributed by atoms with Crippen molar-refractivity contribution < 1.29 is 14.3 Å². The van der Waals surface area contributed by atoms with Crippen molar-refractivity contribution >= 4 is 24.1 Å². The molecule has 1 amide bonds. The average molecular weight is 370 g/mol. The van der Waals surface area contributed by atoms with E-state index in [9.17, 15) is 9.59 Å². The van der Waals surface area contributed by atoms with Gasteiger partial charge in [-0.15, -0.1) is 12.4 Å². The topological polar surface area (TPSA) is 70.7 Å². The molecular weight excluding hydrogens is 342 g/mol. The van der Waals surface area contributed by atoms with Gasteiger partial charge >= 0.3 is 0 Å². The molecule has 2 rings (SSSR count). The Morgan fingerprint density at radius 3 is 2.64 bits per heavy atom. The summed E-state index contributed by atoms with van der Waals surface area (Å²) >= 11 is 0. The van der Waals surface area contributed by atoms with Gasteiger partial charge in [0.2, 0.25) is 5.91 Å². The molecule has 7 heteroatoms. The van der Waals surface area contributed by atoms with Crippen molar-refractivity contribution in [1.82, 2.24) is 15.5 Å². The van der Waals surface area contributed by atoms with Gasteiger partial charge in [-0.05, 0) is 38.1 Å². The second kappa shape index (κ2) is 11.1. The second-order valence-electron chi connectivity index (χ2n) is 6.05. The normalized spacial score (nSPS) is 14.5. The molecule has 1 aliphatic rings. The van der Waals surface area contributed by atoms with E-state index in [0.717, 1.165) is 44.7 Å². The maximum absolute atomic E-state index is 12.1. The molecule has 25 heavy (non-hydrogen) atoms. The average Bonchev–Trinajstić information content (AvgIpc) is 2.59. The number of amides is 1. The zero-order valence-corrected chi connectivity index (χ0v) is 15.8. The fourth-order valence-electron chi connectivity index (χ4n) is 2.84. The van der Waals surface area contributed by atoms with E-state index in [4.69, 9.17) is 4.74 Å². The molecule has 1 aliphatic heterocycles. The van der Waals surface area contributed by atoms with Crippen LogP contribution in [0.25, 0.3) is 0 Å². The molecule has 1 aromatic carbocycles. The molecule has 6 nitrogen and oxygen atoms in total. The monoisotopic (exact) mass is 369 g/mol. The van der Waals surface area contributed by atoms with Gasteiger partial charge in [-0.1, -0.05) is 0 Å². The lowest BCUT2D eigenvalue weighted by Crippen LogP contribution is -2.44. The van der Waals surface area contributed by atoms with Crippen LogP contribution in [-0.2, 0) is 11.2 Å². The number of Topliss-reactive ketones (excluding diaryl/α,β-unsaturated/α-hetero) is 1. The van der Waals surface area contributed by atoms with Crippen molar-refractivity contribution in [3.8, 4) is 5.75 Å². The van der Waals surface area contributed by atoms with E-state index in [2.05, 4.69) is 15.5 Å². The number of carbonyl (C=O) groups excluding carboxylic acids is 2. The summed E-state index contributed by atoms with van der Waals surface area (Å²) < 4.78 is 5.28. The fraction of sp³-hybridized carbons (Fsp3) is 0.556. The molecular formula is C18H28ClN3O3. The number of halogens is 1. The lowest BCUT2D eigenvalue weighted by Gasteiger charge is -2.27. The molecule has 0 aliphatic carbocycles. The van der Waals surface area contributed by atoms with E-state index in [1.165, 1.54) is 6.92 Å². The van der Waals surface area contributed by atoms with E-state index >= 15 is 0 Å². The highest BCUT2D eigenvalue weighted by atomic mass is 35.5. The van der Waals surface area contributed by atoms with Gasteiger partial charge in [0.15, 0.2) is 5.78 Å². The van der Waals surface area contributed by atoms with Crippen LogP contribution in [0.5, 0.6) is 5.75 Å². The van der Waals surface area contributed by atoms with Gasteiger partial charge < -0.3 is 20.3 Å². The fourth-order valence-corrected chi connectivity index (χ4v) is 2.84. The molecule has 0 bridgehead atoms. The Kier molecular flexibility index (Phi) is 9.49. The Morgan fingerprint density at radius 2 is 2.00 bits per heavy atom. The van der Waals surface area contributed by atoms with Crippen LogP contribution in [0.4, 0.5) is 0 Å². The summed E-state index contributed by atoms with van der Waals surface area (Å²) in [5.41, 5.74) is 1.34. The maximum atomic E-state index is 12.1. The minimum Gasteiger partial charge on any atom is -0.496 e. The molecule has 0 aromatic heterocycles. The molecule has 0 spiro atoms. The number of nitrogens with zero attached hydrogens (tertiary/aromatic N) is 1. The third-order valence-corrected chi connectivity index (χ3v) is 4.22. The number of rotatable bonds is 8. The summed E-state index contributed by atoms with van der Waals surface area (Å²) in [6.07, 6.45) is 1.16. The van der Waals surface area contributed by atoms with E-state index in [1.807, 2.05) is 0 Å². The molecule has 0 saturated carbocycles. The van der Waals surface area contributed by atoms with Gasteiger partial charge in [0, 0.05) is 43.9 Å². The third kappa shape index (κ3) is 7.02. The number of carbonyl (C=O) groups is 2. The zero-order chi connectivity index (χ0) is 17.4. The van der Waals surface area contributed by atoms with Crippen LogP contribution in [0.3, 0.4) is 0 Å². The van der Waals surface area contributed by atoms with Crippen molar-refractivity contribution in [3.05, 3.63) is 29.3 Å². The number of ketones is 1. The highest BCUT2D eigenvalue weighted by Crippen LogP contribution is 2.20. The maximum Gasteiger partial charge on any atom is 0.224 e. The molecule has 1 aromatic rings. The molecule has 0 radical (unpaired) electrons. The van der Waals surface area contributed by atoms with Gasteiger partial charge in [0.05, 0.1) is 13.5 Å². The predicted octanol–water partition coefficient (Wildman–Crippen LogP) is 1.27. The quantitative estimate of drug-likeness (QED) is 0.533. The molecule has 1 saturated heterocycles. The lowest BCUT2D eigenvalue weighted by atomic mass is 10.0. The molecule has 1 fully saturated rings. The van der Waals surface area contributed by atoms with Crippen molar-refractivity contribution in [2.24, 2.45) is 0 Å². The van der Waals surface area contributed by atoms with Gasteiger partial charge in [-0.2, -0.15) is 0 Å². The zero-order valence-electron chi connectivity index (χ0n) is 15.0. The molecule has 140 valence electrons. The predicted molar refractivity (Wildman–Crippen MR) is 101 cm³/mol. The van der Waals surface area contributed by atoms with Crippen LogP contribution in [0, 0.1) is 0 Å². The smallest absolute Gasteiger partial charge is 0.224 e. The highest BCUT2D eigenvalue weighted by molar-refractivity contribution is 5.94. The number of ether oxygens (including phenoxy) is 1. The second-order valence-corrected chi connectivity index (χ2v) is 6.05. The SMILES string of the molecule is COc1ccc(C(C)=O)cc1CC(=O)NCCCN1CCNCC1.Cl. The lowest BCUT2D eigenvalue weighted by molar-refractivity contribution is -0.120. The first-order chi connectivity index (χ1) is 11.6. The summed E-state index contributed by atoms with van der Waals surface area (Å²) in [6.45, 7) is 7.41. The molecule has 0 unspecified atom stereocenters. The van der Waals surface area contributed by atoms with E-state index < -0.39 is 0 Å². The highest BCUT2D eigenvalue weighted by Gasteiger charge is 2.12. The van der Waals surface area contributed by atoms with Gasteiger partial charge in [-0.3, -0.25) is 9.59 Å². The first-order valence-electron chi connectivity index (χ1n) is 8.48. The number of methoxy groups -OCH3 is 1. The van der Waals surface area contributed by atoms with E-state index in [0.29, 0.717) is 17.9 Å². The standard InChI is InChI=1S/C18H27N3O3.ClH/c1-14(22)15-4-5-17(24-2)16(12-15)13-18(23)20-6-3-9-21-10-7-19-8-11-21;/h4-5,12,19H,3,6-11,13H2,1-2H3,(H,20,23);1H. The molecule has 0 atom stereocenters. The van der Waals surface area contributed by atoms with Crippen molar-refractivity contribution in [2.75, 3.05) is 46.4 Å². The minimum absolute atomic E-state index is 0. The van der Waals surface area contributed by atoms with Crippen LogP contribution >= 0.6 is 12.4 Å². The summed E-state index contributed by atoms with van der Waals surface area (Å²) in [6, 6.07) is 5.20. The number of nitrogens with one attached hydrogen (secondary N) is 2. The Balaban J connectivity index is 0.00000312. The van der Waals surface area contributed by atoms with Gasteiger partial charge in [0.1, 0.15) is 5.75 Å². The summed E-state index contributed by atoms with van der Waals surface area (Å²) in [4.78, 5) is 26.0. The number of hydrogen-bond acceptors (Lipinski definition) is 5. The van der Waals surface area contributed by atoms with Gasteiger partial charge in [-0.25, -0.2) is 0 Å². The summed E-state index contributed by atoms with van der Waals surface area (Å²) in [5, 5.41) is 6.28. The van der Waals surface area contributed by atoms with Crippen molar-refractivity contribution in [1.29, 1.82) is 0 Å². The Bertz CT molecular complexity index is 575. The first-order valence-corrected chi connectivity index (χ1v) is 8.48. The van der Waals surface area contributed by atoms with Crippen LogP contribution in [-0.4, -0.2) is 63.0 Å². The van der Waals surface area contributed by atoms with Crippen molar-refractivity contribution in [3.63, 3.8) is 0 Å². The first kappa shape index (κ1) is 21.4. The Labute approximate surface area is 155 Å². The third-order valence-electron chi connectivity index (χ3n) is 4.22. The minimum atomic E-state index is -0.0469. The molecule has 2 N–H and O–H groups in total. The van der Waals surface area contributed by atoms with Crippen LogP contribution in [0.2, 0.25) is 0 Å². The Hall–Kier alpha value is -1.63. The number of piperazine rings is 1. The summed E-state index contributed by atoms with van der Waals surface area (Å²) in [7, 11) is 1.57. The van der Waals surface area contributed by atoms with Crippen LogP contribution in [0.15, 0.2) is 18.2 Å².